The Balaban J connectivity index is 0.00000306. The molecular weight excluding hydrogens is 485 g/mol. The Morgan fingerprint density at radius 1 is 1.21 bits per heavy atom. The fraction of sp³-hybridized carbons (Fsp3) is 0.391. The van der Waals surface area contributed by atoms with Crippen LogP contribution in [0.5, 0.6) is 11.5 Å². The number of morpholine rings is 1. The number of methoxy groups -OCH3 is 1. The summed E-state index contributed by atoms with van der Waals surface area (Å²) in [6.07, 6.45) is 0. The fourth-order valence-electron chi connectivity index (χ4n) is 3.55. The first-order chi connectivity index (χ1) is 15.5. The van der Waals surface area contributed by atoms with Gasteiger partial charge in [0.15, 0.2) is 11.7 Å². The van der Waals surface area contributed by atoms with E-state index in [1.165, 1.54) is 11.3 Å². The number of halogens is 2. The number of amides is 1. The maximum Gasteiger partial charge on any atom is 0.266 e. The van der Waals surface area contributed by atoms with Crippen LogP contribution in [0.15, 0.2) is 36.4 Å². The van der Waals surface area contributed by atoms with E-state index in [9.17, 15) is 4.79 Å². The van der Waals surface area contributed by atoms with Crippen LogP contribution >= 0.6 is 35.3 Å². The van der Waals surface area contributed by atoms with Gasteiger partial charge in [-0.2, -0.15) is 0 Å². The number of ether oxygens (including phenoxy) is 3. The zero-order valence-corrected chi connectivity index (χ0v) is 21.0. The van der Waals surface area contributed by atoms with Crippen LogP contribution in [0.2, 0.25) is 5.02 Å². The highest BCUT2D eigenvalue weighted by Crippen LogP contribution is 2.33. The molecule has 1 fully saturated rings. The van der Waals surface area contributed by atoms with Crippen molar-refractivity contribution >= 4 is 56.6 Å². The van der Waals surface area contributed by atoms with E-state index in [4.69, 9.17) is 30.8 Å². The zero-order chi connectivity index (χ0) is 22.5. The highest BCUT2D eigenvalue weighted by atomic mass is 35.5. The number of rotatable bonds is 8. The molecule has 1 aliphatic rings. The number of benzene rings is 2. The minimum atomic E-state index is -0.142. The van der Waals surface area contributed by atoms with Gasteiger partial charge < -0.3 is 14.2 Å². The average Bonchev–Trinajstić information content (AvgIpc) is 3.23. The molecule has 1 aromatic heterocycles. The minimum absolute atomic E-state index is 0. The molecule has 0 radical (unpaired) electrons. The van der Waals surface area contributed by atoms with E-state index in [1.807, 2.05) is 19.1 Å². The van der Waals surface area contributed by atoms with Crippen LogP contribution in [0.3, 0.4) is 0 Å². The van der Waals surface area contributed by atoms with Crippen molar-refractivity contribution in [1.82, 2.24) is 9.88 Å². The molecule has 0 aliphatic carbocycles. The molecule has 0 saturated carbocycles. The molecule has 3 aromatic rings. The van der Waals surface area contributed by atoms with Gasteiger partial charge in [0.25, 0.3) is 5.91 Å². The third-order valence-electron chi connectivity index (χ3n) is 5.34. The third-order valence-corrected chi connectivity index (χ3v) is 6.58. The Hall–Kier alpha value is -2.10. The standard InChI is InChI=1S/C23H26ClN3O4S.ClH/c1-16-13-17(24)14-20-22(16)25-23(32-20)27(8-7-26-9-11-30-12-10-26)21(28)15-31-19-5-3-18(29-2)4-6-19;/h3-6,13-14H,7-12,15H2,1-2H3;1H. The van der Waals surface area contributed by atoms with Gasteiger partial charge >= 0.3 is 0 Å². The molecule has 2 aromatic carbocycles. The Bertz CT molecular complexity index is 1070. The molecule has 2 heterocycles. The monoisotopic (exact) mass is 511 g/mol. The van der Waals surface area contributed by atoms with Crippen LogP contribution in [0.25, 0.3) is 10.2 Å². The highest BCUT2D eigenvalue weighted by Gasteiger charge is 2.22. The molecule has 0 atom stereocenters. The summed E-state index contributed by atoms with van der Waals surface area (Å²) in [5.74, 6) is 1.20. The minimum Gasteiger partial charge on any atom is -0.497 e. The molecule has 178 valence electrons. The van der Waals surface area contributed by atoms with Gasteiger partial charge in [-0.15, -0.1) is 12.4 Å². The van der Waals surface area contributed by atoms with E-state index < -0.39 is 0 Å². The molecule has 0 spiro atoms. The number of aryl methyl sites for hydroxylation is 1. The van der Waals surface area contributed by atoms with Crippen molar-refractivity contribution in [1.29, 1.82) is 0 Å². The lowest BCUT2D eigenvalue weighted by Crippen LogP contribution is -2.44. The number of nitrogens with zero attached hydrogens (tertiary/aromatic N) is 3. The van der Waals surface area contributed by atoms with Gasteiger partial charge in [0.05, 0.1) is 30.5 Å². The number of thiazole rings is 1. The third kappa shape index (κ3) is 6.49. The Labute approximate surface area is 208 Å². The number of fused-ring (bicyclic) bond motifs is 1. The van der Waals surface area contributed by atoms with Crippen molar-refractivity contribution in [3.63, 3.8) is 0 Å². The van der Waals surface area contributed by atoms with Crippen LogP contribution in [-0.4, -0.2) is 68.9 Å². The van der Waals surface area contributed by atoms with Crippen LogP contribution in [0, 0.1) is 6.92 Å². The van der Waals surface area contributed by atoms with Crippen LogP contribution in [0.4, 0.5) is 5.13 Å². The van der Waals surface area contributed by atoms with Gasteiger partial charge in [0, 0.05) is 31.2 Å². The van der Waals surface area contributed by atoms with Crippen LogP contribution in [0.1, 0.15) is 5.56 Å². The SMILES string of the molecule is COc1ccc(OCC(=O)N(CCN2CCOCC2)c2nc3c(C)cc(Cl)cc3s2)cc1.Cl. The van der Waals surface area contributed by atoms with E-state index in [0.29, 0.717) is 35.7 Å². The Kier molecular flexibility index (Phi) is 9.17. The maximum atomic E-state index is 13.2. The molecule has 4 rings (SSSR count). The van der Waals surface area contributed by atoms with E-state index in [1.54, 1.807) is 36.3 Å². The first-order valence-electron chi connectivity index (χ1n) is 10.5. The summed E-state index contributed by atoms with van der Waals surface area (Å²) in [6.45, 7) is 6.32. The molecule has 0 unspecified atom stereocenters. The number of carbonyl (C=O) groups excluding carboxylic acids is 1. The van der Waals surface area contributed by atoms with Gasteiger partial charge in [-0.1, -0.05) is 22.9 Å². The molecule has 1 saturated heterocycles. The van der Waals surface area contributed by atoms with Crippen molar-refractivity contribution in [2.75, 3.05) is 58.0 Å². The summed E-state index contributed by atoms with van der Waals surface area (Å²) in [5.41, 5.74) is 1.86. The second kappa shape index (κ2) is 11.9. The zero-order valence-electron chi connectivity index (χ0n) is 18.6. The lowest BCUT2D eigenvalue weighted by molar-refractivity contribution is -0.120. The normalized spacial score (nSPS) is 14.0. The predicted octanol–water partition coefficient (Wildman–Crippen LogP) is 4.43. The number of hydrogen-bond donors (Lipinski definition) is 0. The largest absolute Gasteiger partial charge is 0.497 e. The summed E-state index contributed by atoms with van der Waals surface area (Å²) in [6, 6.07) is 11.0. The van der Waals surface area contributed by atoms with Crippen molar-refractivity contribution in [2.45, 2.75) is 6.92 Å². The molecule has 7 nitrogen and oxygen atoms in total. The van der Waals surface area contributed by atoms with Crippen LogP contribution in [-0.2, 0) is 9.53 Å². The van der Waals surface area contributed by atoms with Crippen molar-refractivity contribution in [3.8, 4) is 11.5 Å². The summed E-state index contributed by atoms with van der Waals surface area (Å²) in [5, 5.41) is 1.32. The Morgan fingerprint density at radius 2 is 1.91 bits per heavy atom. The Morgan fingerprint density at radius 3 is 2.61 bits per heavy atom. The van der Waals surface area contributed by atoms with E-state index >= 15 is 0 Å². The average molecular weight is 512 g/mol. The molecule has 1 aliphatic heterocycles. The number of hydrogen-bond acceptors (Lipinski definition) is 7. The summed E-state index contributed by atoms with van der Waals surface area (Å²) in [7, 11) is 1.61. The summed E-state index contributed by atoms with van der Waals surface area (Å²) >= 11 is 7.70. The molecule has 33 heavy (non-hydrogen) atoms. The van der Waals surface area contributed by atoms with Gasteiger partial charge in [-0.05, 0) is 48.9 Å². The first-order valence-corrected chi connectivity index (χ1v) is 11.7. The molecule has 0 bridgehead atoms. The molecular formula is C23H27Cl2N3O4S. The summed E-state index contributed by atoms with van der Waals surface area (Å²) in [4.78, 5) is 22.0. The van der Waals surface area contributed by atoms with Crippen LogP contribution < -0.4 is 14.4 Å². The van der Waals surface area contributed by atoms with Gasteiger partial charge in [-0.25, -0.2) is 4.98 Å². The second-order valence-corrected chi connectivity index (χ2v) is 8.97. The lowest BCUT2D eigenvalue weighted by atomic mass is 10.2. The molecule has 10 heteroatoms. The van der Waals surface area contributed by atoms with Crippen molar-refractivity contribution in [3.05, 3.63) is 47.0 Å². The van der Waals surface area contributed by atoms with Crippen molar-refractivity contribution in [2.24, 2.45) is 0 Å². The molecule has 0 N–H and O–H groups in total. The fourth-order valence-corrected chi connectivity index (χ4v) is 5.01. The van der Waals surface area contributed by atoms with Gasteiger partial charge in [0.1, 0.15) is 11.5 Å². The lowest BCUT2D eigenvalue weighted by Gasteiger charge is -2.29. The second-order valence-electron chi connectivity index (χ2n) is 7.53. The maximum absolute atomic E-state index is 13.2. The number of carbonyl (C=O) groups is 1. The highest BCUT2D eigenvalue weighted by molar-refractivity contribution is 7.22. The van der Waals surface area contributed by atoms with Gasteiger partial charge in [-0.3, -0.25) is 14.6 Å². The van der Waals surface area contributed by atoms with Gasteiger partial charge in [0.2, 0.25) is 0 Å². The van der Waals surface area contributed by atoms with E-state index in [2.05, 4.69) is 4.90 Å². The quantitative estimate of drug-likeness (QED) is 0.445. The van der Waals surface area contributed by atoms with Crippen molar-refractivity contribution < 1.29 is 19.0 Å². The number of anilines is 1. The first kappa shape index (κ1) is 25.5. The van der Waals surface area contributed by atoms with E-state index in [-0.39, 0.29) is 24.9 Å². The molecule has 1 amide bonds. The van der Waals surface area contributed by atoms with E-state index in [0.717, 1.165) is 41.2 Å². The topological polar surface area (TPSA) is 64.1 Å². The predicted molar refractivity (Wildman–Crippen MR) is 135 cm³/mol. The number of aromatic nitrogens is 1. The summed E-state index contributed by atoms with van der Waals surface area (Å²) < 4.78 is 17.3. The smallest absolute Gasteiger partial charge is 0.266 e.